The van der Waals surface area contributed by atoms with Crippen LogP contribution in [0.3, 0.4) is 0 Å². The quantitative estimate of drug-likeness (QED) is 0.643. The third-order valence-corrected chi connectivity index (χ3v) is 3.54. The van der Waals surface area contributed by atoms with Crippen LogP contribution in [0.25, 0.3) is 20.8 Å². The predicted molar refractivity (Wildman–Crippen MR) is 71.6 cm³/mol. The zero-order valence-corrected chi connectivity index (χ0v) is 9.37. The number of fused-ring (bicyclic) bond motifs is 1. The molecular formula is C13H12N2S. The minimum absolute atomic E-state index is 0. The van der Waals surface area contributed by atoms with Crippen LogP contribution in [0.5, 0.6) is 0 Å². The minimum Gasteiger partial charge on any atom is -0.399 e. The van der Waals surface area contributed by atoms with E-state index in [0.717, 1.165) is 21.8 Å². The number of nitrogen functional groups attached to an aromatic ring is 1. The summed E-state index contributed by atoms with van der Waals surface area (Å²) in [5.74, 6) is 0. The summed E-state index contributed by atoms with van der Waals surface area (Å²) < 4.78 is 1.22. The molecular weight excluding hydrogens is 216 g/mol. The van der Waals surface area contributed by atoms with Crippen molar-refractivity contribution in [2.45, 2.75) is 0 Å². The number of rotatable bonds is 1. The fourth-order valence-electron chi connectivity index (χ4n) is 1.62. The molecule has 80 valence electrons. The number of nitrogens with two attached hydrogens (primary N) is 1. The second kappa shape index (κ2) is 3.61. The van der Waals surface area contributed by atoms with Crippen LogP contribution in [0.15, 0.2) is 48.5 Å². The summed E-state index contributed by atoms with van der Waals surface area (Å²) in [6.45, 7) is 0. The van der Waals surface area contributed by atoms with Crippen molar-refractivity contribution >= 4 is 27.2 Å². The molecule has 1 aromatic heterocycles. The van der Waals surface area contributed by atoms with Gasteiger partial charge in [0.1, 0.15) is 5.01 Å². The van der Waals surface area contributed by atoms with Crippen LogP contribution in [0.2, 0.25) is 0 Å². The Morgan fingerprint density at radius 3 is 2.50 bits per heavy atom. The van der Waals surface area contributed by atoms with Crippen molar-refractivity contribution in [1.82, 2.24) is 4.98 Å². The van der Waals surface area contributed by atoms with Crippen LogP contribution in [-0.2, 0) is 0 Å². The fourth-order valence-corrected chi connectivity index (χ4v) is 2.59. The van der Waals surface area contributed by atoms with Crippen LogP contribution in [0, 0.1) is 0 Å². The van der Waals surface area contributed by atoms with Crippen molar-refractivity contribution in [2.24, 2.45) is 0 Å². The Morgan fingerprint density at radius 2 is 1.75 bits per heavy atom. The zero-order chi connectivity index (χ0) is 11.0. The van der Waals surface area contributed by atoms with Crippen molar-refractivity contribution < 1.29 is 1.43 Å². The molecule has 0 spiro atoms. The molecule has 0 atom stereocenters. The van der Waals surface area contributed by atoms with E-state index in [4.69, 9.17) is 5.73 Å². The summed E-state index contributed by atoms with van der Waals surface area (Å²) in [6, 6.07) is 16.0. The molecule has 0 unspecified atom stereocenters. The molecule has 0 aliphatic heterocycles. The van der Waals surface area contributed by atoms with Crippen LogP contribution in [0.4, 0.5) is 5.69 Å². The number of hydrogen-bond acceptors (Lipinski definition) is 3. The number of aromatic nitrogens is 1. The average Bonchev–Trinajstić information content (AvgIpc) is 2.73. The van der Waals surface area contributed by atoms with Crippen molar-refractivity contribution in [3.8, 4) is 10.6 Å². The largest absolute Gasteiger partial charge is 0.399 e. The topological polar surface area (TPSA) is 38.9 Å². The van der Waals surface area contributed by atoms with Crippen molar-refractivity contribution in [3.63, 3.8) is 0 Å². The van der Waals surface area contributed by atoms with Gasteiger partial charge in [0.25, 0.3) is 0 Å². The van der Waals surface area contributed by atoms with Crippen molar-refractivity contribution in [1.29, 1.82) is 0 Å². The number of hydrogen-bond donors (Lipinski definition) is 1. The lowest BCUT2D eigenvalue weighted by Crippen LogP contribution is -1.83. The second-order valence-electron chi connectivity index (χ2n) is 3.61. The highest BCUT2D eigenvalue weighted by molar-refractivity contribution is 7.21. The zero-order valence-electron chi connectivity index (χ0n) is 8.55. The van der Waals surface area contributed by atoms with E-state index in [-0.39, 0.29) is 1.43 Å². The number of nitrogens with zero attached hydrogens (tertiary/aromatic N) is 1. The smallest absolute Gasteiger partial charge is 0.124 e. The first-order chi connectivity index (χ1) is 7.83. The number of benzene rings is 2. The molecule has 3 rings (SSSR count). The summed E-state index contributed by atoms with van der Waals surface area (Å²) >= 11 is 1.70. The van der Waals surface area contributed by atoms with E-state index >= 15 is 0 Å². The maximum atomic E-state index is 5.66. The molecule has 0 saturated heterocycles. The molecule has 0 radical (unpaired) electrons. The number of thiazole rings is 1. The monoisotopic (exact) mass is 228 g/mol. The van der Waals surface area contributed by atoms with Crippen LogP contribution >= 0.6 is 11.3 Å². The molecule has 16 heavy (non-hydrogen) atoms. The molecule has 0 saturated carbocycles. The number of para-hydroxylation sites is 1. The maximum Gasteiger partial charge on any atom is 0.124 e. The van der Waals surface area contributed by atoms with Gasteiger partial charge in [0.2, 0.25) is 0 Å². The minimum atomic E-state index is 0. The SMILES string of the molecule is Nc1ccc(-c2nc3ccccc3s2)cc1.[HH]. The number of anilines is 1. The first-order valence-electron chi connectivity index (χ1n) is 5.04. The highest BCUT2D eigenvalue weighted by atomic mass is 32.1. The van der Waals surface area contributed by atoms with Crippen molar-refractivity contribution in [3.05, 3.63) is 48.5 Å². The van der Waals surface area contributed by atoms with Gasteiger partial charge in [-0.05, 0) is 36.4 Å². The highest BCUT2D eigenvalue weighted by Crippen LogP contribution is 2.30. The van der Waals surface area contributed by atoms with Crippen LogP contribution < -0.4 is 5.73 Å². The van der Waals surface area contributed by atoms with E-state index in [9.17, 15) is 0 Å². The Balaban J connectivity index is 0.00000108. The lowest BCUT2D eigenvalue weighted by molar-refractivity contribution is 1.48. The van der Waals surface area contributed by atoms with Gasteiger partial charge in [-0.3, -0.25) is 0 Å². The summed E-state index contributed by atoms with van der Waals surface area (Å²) in [6.07, 6.45) is 0. The third kappa shape index (κ3) is 1.55. The summed E-state index contributed by atoms with van der Waals surface area (Å²) in [5.41, 5.74) is 8.62. The fraction of sp³-hybridized carbons (Fsp3) is 0. The average molecular weight is 228 g/mol. The van der Waals surface area contributed by atoms with Crippen LogP contribution in [-0.4, -0.2) is 4.98 Å². The lowest BCUT2D eigenvalue weighted by Gasteiger charge is -1.95. The van der Waals surface area contributed by atoms with E-state index < -0.39 is 0 Å². The van der Waals surface area contributed by atoms with E-state index in [0.29, 0.717) is 0 Å². The Labute approximate surface area is 98.9 Å². The molecule has 0 aliphatic carbocycles. The first kappa shape index (κ1) is 9.36. The Kier molecular flexibility index (Phi) is 2.11. The molecule has 1 heterocycles. The molecule has 2 nitrogen and oxygen atoms in total. The standard InChI is InChI=1S/C13H10N2S.H2/c14-10-7-5-9(6-8-10)13-15-11-3-1-2-4-12(11)16-13;/h1-8H,14H2;1H. The van der Waals surface area contributed by atoms with Crippen LogP contribution in [0.1, 0.15) is 1.43 Å². The first-order valence-corrected chi connectivity index (χ1v) is 5.86. The molecule has 0 fully saturated rings. The lowest BCUT2D eigenvalue weighted by atomic mass is 10.2. The molecule has 3 heteroatoms. The van der Waals surface area contributed by atoms with Crippen molar-refractivity contribution in [2.75, 3.05) is 5.73 Å². The molecule has 0 amide bonds. The van der Waals surface area contributed by atoms with E-state index in [1.54, 1.807) is 11.3 Å². The van der Waals surface area contributed by atoms with Gasteiger partial charge >= 0.3 is 0 Å². The Hall–Kier alpha value is -1.87. The van der Waals surface area contributed by atoms with Gasteiger partial charge in [0.05, 0.1) is 10.2 Å². The van der Waals surface area contributed by atoms with Gasteiger partial charge in [-0.15, -0.1) is 11.3 Å². The Morgan fingerprint density at radius 1 is 1.00 bits per heavy atom. The van der Waals surface area contributed by atoms with Gasteiger partial charge in [-0.1, -0.05) is 12.1 Å². The summed E-state index contributed by atoms with van der Waals surface area (Å²) in [4.78, 5) is 4.59. The molecule has 3 aromatic rings. The molecule has 2 aromatic carbocycles. The van der Waals surface area contributed by atoms with E-state index in [1.807, 2.05) is 42.5 Å². The van der Waals surface area contributed by atoms with Gasteiger partial charge in [-0.2, -0.15) is 0 Å². The van der Waals surface area contributed by atoms with Gasteiger partial charge in [-0.25, -0.2) is 4.98 Å². The van der Waals surface area contributed by atoms with Gasteiger partial charge in [0, 0.05) is 12.7 Å². The van der Waals surface area contributed by atoms with E-state index in [1.165, 1.54) is 4.70 Å². The Bertz CT molecular complexity index is 598. The molecule has 0 bridgehead atoms. The van der Waals surface area contributed by atoms with Gasteiger partial charge < -0.3 is 5.73 Å². The maximum absolute atomic E-state index is 5.66. The molecule has 2 N–H and O–H groups in total. The highest BCUT2D eigenvalue weighted by Gasteiger charge is 2.04. The summed E-state index contributed by atoms with van der Waals surface area (Å²) in [5, 5.41) is 1.04. The summed E-state index contributed by atoms with van der Waals surface area (Å²) in [7, 11) is 0. The predicted octanol–water partition coefficient (Wildman–Crippen LogP) is 3.79. The van der Waals surface area contributed by atoms with Gasteiger partial charge in [0.15, 0.2) is 0 Å². The normalized spacial score (nSPS) is 10.8. The second-order valence-corrected chi connectivity index (χ2v) is 4.64. The third-order valence-electron chi connectivity index (χ3n) is 2.45. The van der Waals surface area contributed by atoms with E-state index in [2.05, 4.69) is 11.1 Å². The molecule has 0 aliphatic rings.